The highest BCUT2D eigenvalue weighted by molar-refractivity contribution is 6.31. The second kappa shape index (κ2) is 6.04. The van der Waals surface area contributed by atoms with Crippen molar-refractivity contribution in [3.63, 3.8) is 0 Å². The summed E-state index contributed by atoms with van der Waals surface area (Å²) in [5.74, 6) is 1.37. The molecule has 1 aromatic rings. The van der Waals surface area contributed by atoms with E-state index < -0.39 is 0 Å². The fourth-order valence-corrected chi connectivity index (χ4v) is 1.74. The van der Waals surface area contributed by atoms with Gasteiger partial charge in [0.2, 0.25) is 0 Å². The maximum Gasteiger partial charge on any atom is 0.171 e. The van der Waals surface area contributed by atoms with Crippen molar-refractivity contribution in [2.45, 2.75) is 40.5 Å². The molecule has 0 aromatic carbocycles. The second-order valence-corrected chi connectivity index (χ2v) is 4.46. The normalized spacial score (nSPS) is 10.9. The van der Waals surface area contributed by atoms with Crippen molar-refractivity contribution in [3.8, 4) is 0 Å². The van der Waals surface area contributed by atoms with E-state index in [1.54, 1.807) is 0 Å². The van der Waals surface area contributed by atoms with Gasteiger partial charge < -0.3 is 5.32 Å². The van der Waals surface area contributed by atoms with E-state index in [1.807, 2.05) is 13.8 Å². The summed E-state index contributed by atoms with van der Waals surface area (Å²) < 4.78 is 0. The number of aromatic nitrogens is 2. The molecular weight excluding hydrogens is 222 g/mol. The quantitative estimate of drug-likeness (QED) is 0.856. The van der Waals surface area contributed by atoms with Crippen molar-refractivity contribution in [1.29, 1.82) is 0 Å². The van der Waals surface area contributed by atoms with Crippen molar-refractivity contribution in [1.82, 2.24) is 9.97 Å². The van der Waals surface area contributed by atoms with Gasteiger partial charge in [-0.25, -0.2) is 9.97 Å². The van der Waals surface area contributed by atoms with Gasteiger partial charge in [0.05, 0.1) is 11.4 Å². The van der Waals surface area contributed by atoms with Crippen LogP contribution in [0.1, 0.15) is 38.1 Å². The van der Waals surface area contributed by atoms with Crippen molar-refractivity contribution < 1.29 is 0 Å². The molecule has 0 saturated carbocycles. The van der Waals surface area contributed by atoms with Crippen LogP contribution in [0.3, 0.4) is 0 Å². The first kappa shape index (κ1) is 13.2. The Labute approximate surface area is 103 Å². The van der Waals surface area contributed by atoms with Crippen LogP contribution in [-0.2, 0) is 0 Å². The molecule has 0 unspecified atom stereocenters. The number of halogens is 1. The van der Waals surface area contributed by atoms with Gasteiger partial charge in [-0.2, -0.15) is 0 Å². The topological polar surface area (TPSA) is 37.8 Å². The monoisotopic (exact) mass is 241 g/mol. The van der Waals surface area contributed by atoms with E-state index >= 15 is 0 Å². The van der Waals surface area contributed by atoms with Gasteiger partial charge in [0, 0.05) is 6.54 Å². The predicted octanol–water partition coefficient (Wildman–Crippen LogP) is 3.59. The molecule has 0 aliphatic rings. The highest BCUT2D eigenvalue weighted by atomic mass is 35.5. The van der Waals surface area contributed by atoms with Crippen molar-refractivity contribution in [2.75, 3.05) is 11.9 Å². The Morgan fingerprint density at radius 2 is 1.69 bits per heavy atom. The lowest BCUT2D eigenvalue weighted by Gasteiger charge is -2.14. The van der Waals surface area contributed by atoms with E-state index in [0.29, 0.717) is 16.9 Å². The molecule has 0 aliphatic carbocycles. The highest BCUT2D eigenvalue weighted by Gasteiger charge is 2.08. The molecule has 3 nitrogen and oxygen atoms in total. The van der Waals surface area contributed by atoms with Crippen molar-refractivity contribution in [2.24, 2.45) is 5.92 Å². The predicted molar refractivity (Wildman–Crippen MR) is 69.1 cm³/mol. The highest BCUT2D eigenvalue weighted by Crippen LogP contribution is 2.19. The lowest BCUT2D eigenvalue weighted by atomic mass is 10.0. The number of hydrogen-bond acceptors (Lipinski definition) is 3. The van der Waals surface area contributed by atoms with Crippen LogP contribution in [0.4, 0.5) is 5.82 Å². The molecular formula is C12H20ClN3. The molecule has 16 heavy (non-hydrogen) atoms. The second-order valence-electron chi connectivity index (χ2n) is 4.10. The average molecular weight is 242 g/mol. The van der Waals surface area contributed by atoms with Gasteiger partial charge in [0.25, 0.3) is 0 Å². The van der Waals surface area contributed by atoms with E-state index in [-0.39, 0.29) is 0 Å². The zero-order valence-corrected chi connectivity index (χ0v) is 11.2. The minimum Gasteiger partial charge on any atom is -0.367 e. The van der Waals surface area contributed by atoms with Crippen LogP contribution in [0.5, 0.6) is 0 Å². The lowest BCUT2D eigenvalue weighted by molar-refractivity contribution is 0.518. The number of nitrogens with one attached hydrogen (secondary N) is 1. The molecule has 0 radical (unpaired) electrons. The summed E-state index contributed by atoms with van der Waals surface area (Å²) in [7, 11) is 0. The van der Waals surface area contributed by atoms with Crippen LogP contribution in [0.15, 0.2) is 0 Å². The fraction of sp³-hybridized carbons (Fsp3) is 0.667. The Balaban J connectivity index is 2.70. The van der Waals surface area contributed by atoms with Crippen molar-refractivity contribution >= 4 is 17.4 Å². The van der Waals surface area contributed by atoms with E-state index in [9.17, 15) is 0 Å². The van der Waals surface area contributed by atoms with Gasteiger partial charge in [-0.05, 0) is 19.8 Å². The molecule has 0 saturated heterocycles. The molecule has 1 aromatic heterocycles. The Bertz CT molecular complexity index is 348. The first-order valence-corrected chi connectivity index (χ1v) is 6.20. The summed E-state index contributed by atoms with van der Waals surface area (Å²) in [5.41, 5.74) is 1.81. The fourth-order valence-electron chi connectivity index (χ4n) is 1.51. The zero-order chi connectivity index (χ0) is 12.1. The summed E-state index contributed by atoms with van der Waals surface area (Å²) >= 11 is 6.04. The number of aryl methyl sites for hydroxylation is 2. The van der Waals surface area contributed by atoms with Crippen LogP contribution in [0, 0.1) is 19.8 Å². The van der Waals surface area contributed by atoms with Gasteiger partial charge in [-0.1, -0.05) is 38.3 Å². The number of nitrogens with zero attached hydrogens (tertiary/aromatic N) is 2. The van der Waals surface area contributed by atoms with Crippen LogP contribution in [-0.4, -0.2) is 16.5 Å². The lowest BCUT2D eigenvalue weighted by Crippen LogP contribution is -2.14. The smallest absolute Gasteiger partial charge is 0.171 e. The molecule has 0 bridgehead atoms. The largest absolute Gasteiger partial charge is 0.367 e. The van der Waals surface area contributed by atoms with Gasteiger partial charge in [-0.15, -0.1) is 0 Å². The number of rotatable bonds is 5. The molecule has 0 atom stereocenters. The van der Waals surface area contributed by atoms with Gasteiger partial charge >= 0.3 is 0 Å². The minimum absolute atomic E-state index is 0.467. The third kappa shape index (κ3) is 3.34. The maximum atomic E-state index is 6.04. The molecule has 0 aliphatic heterocycles. The minimum atomic E-state index is 0.467. The molecule has 4 heteroatoms. The average Bonchev–Trinajstić information content (AvgIpc) is 2.26. The van der Waals surface area contributed by atoms with Crippen LogP contribution >= 0.6 is 11.6 Å². The Kier molecular flexibility index (Phi) is 5.00. The van der Waals surface area contributed by atoms with Crippen LogP contribution in [0.25, 0.3) is 0 Å². The number of hydrogen-bond donors (Lipinski definition) is 1. The van der Waals surface area contributed by atoms with E-state index in [4.69, 9.17) is 11.6 Å². The molecule has 0 fully saturated rings. The number of anilines is 1. The Morgan fingerprint density at radius 1 is 1.12 bits per heavy atom. The summed E-state index contributed by atoms with van der Waals surface area (Å²) in [6.45, 7) is 9.16. The first-order chi connectivity index (χ1) is 7.58. The summed E-state index contributed by atoms with van der Waals surface area (Å²) in [6, 6.07) is 0. The zero-order valence-electron chi connectivity index (χ0n) is 10.5. The molecule has 0 spiro atoms. The molecule has 1 heterocycles. The molecule has 1 N–H and O–H groups in total. The van der Waals surface area contributed by atoms with Gasteiger partial charge in [-0.3, -0.25) is 0 Å². The van der Waals surface area contributed by atoms with E-state index in [0.717, 1.165) is 17.9 Å². The van der Waals surface area contributed by atoms with Crippen LogP contribution in [0.2, 0.25) is 5.15 Å². The Morgan fingerprint density at radius 3 is 2.25 bits per heavy atom. The van der Waals surface area contributed by atoms with Gasteiger partial charge in [0.1, 0.15) is 0 Å². The van der Waals surface area contributed by atoms with Crippen molar-refractivity contribution in [3.05, 3.63) is 16.5 Å². The summed E-state index contributed by atoms with van der Waals surface area (Å²) in [4.78, 5) is 8.65. The van der Waals surface area contributed by atoms with E-state index in [1.165, 1.54) is 12.8 Å². The molecule has 0 amide bonds. The molecule has 90 valence electrons. The SMILES string of the molecule is CCC(CC)CNc1nc(C)c(C)nc1Cl. The summed E-state index contributed by atoms with van der Waals surface area (Å²) in [5, 5.41) is 3.74. The van der Waals surface area contributed by atoms with Crippen LogP contribution < -0.4 is 5.32 Å². The summed E-state index contributed by atoms with van der Waals surface area (Å²) in [6.07, 6.45) is 2.33. The van der Waals surface area contributed by atoms with Gasteiger partial charge in [0.15, 0.2) is 11.0 Å². The Hall–Kier alpha value is -0.830. The molecule has 1 rings (SSSR count). The first-order valence-electron chi connectivity index (χ1n) is 5.83. The third-order valence-electron chi connectivity index (χ3n) is 2.98. The van der Waals surface area contributed by atoms with E-state index in [2.05, 4.69) is 29.1 Å². The standard InChI is InChI=1S/C12H20ClN3/c1-5-10(6-2)7-14-12-11(13)15-8(3)9(4)16-12/h10H,5-7H2,1-4H3,(H,14,16). The third-order valence-corrected chi connectivity index (χ3v) is 3.24. The maximum absolute atomic E-state index is 6.04.